The molecule has 0 N–H and O–H groups in total. The maximum absolute atomic E-state index is 2.56. The number of rotatable bonds is 3. The highest BCUT2D eigenvalue weighted by molar-refractivity contribution is 5.36. The van der Waals surface area contributed by atoms with E-state index >= 15 is 0 Å². The van der Waals surface area contributed by atoms with Crippen molar-refractivity contribution in [2.24, 2.45) is 17.8 Å². The molecule has 0 bridgehead atoms. The lowest BCUT2D eigenvalue weighted by Crippen LogP contribution is -2.37. The zero-order valence-electron chi connectivity index (χ0n) is 13.8. The van der Waals surface area contributed by atoms with Crippen LogP contribution in [-0.2, 0) is 0 Å². The van der Waals surface area contributed by atoms with Crippen molar-refractivity contribution in [2.45, 2.75) is 68.4 Å². The standard InChI is InChI=1S/C17H31N/c1-10(2)16-14(8)13(7)15(9)18(12(5)6)17(16)11(3)4/h10-12,14H,1-9H3. The van der Waals surface area contributed by atoms with Crippen LogP contribution in [0.2, 0.25) is 0 Å². The molecule has 0 aliphatic carbocycles. The first kappa shape index (κ1) is 15.3. The zero-order valence-corrected chi connectivity index (χ0v) is 13.8. The molecular weight excluding hydrogens is 218 g/mol. The minimum atomic E-state index is 0.540. The van der Waals surface area contributed by atoms with Gasteiger partial charge in [0, 0.05) is 23.4 Å². The molecule has 1 heterocycles. The lowest BCUT2D eigenvalue weighted by molar-refractivity contribution is 0.290. The fourth-order valence-corrected chi connectivity index (χ4v) is 3.35. The van der Waals surface area contributed by atoms with Crippen molar-refractivity contribution in [1.29, 1.82) is 0 Å². The lowest BCUT2D eigenvalue weighted by atomic mass is 9.78. The molecule has 0 aromatic rings. The van der Waals surface area contributed by atoms with E-state index in [2.05, 4.69) is 67.2 Å². The van der Waals surface area contributed by atoms with Crippen LogP contribution < -0.4 is 0 Å². The molecule has 0 fully saturated rings. The fourth-order valence-electron chi connectivity index (χ4n) is 3.35. The van der Waals surface area contributed by atoms with Gasteiger partial charge in [-0.25, -0.2) is 0 Å². The summed E-state index contributed by atoms with van der Waals surface area (Å²) in [6, 6.07) is 0.540. The topological polar surface area (TPSA) is 3.24 Å². The third-order valence-corrected chi connectivity index (χ3v) is 4.29. The molecule has 1 aliphatic rings. The van der Waals surface area contributed by atoms with Crippen molar-refractivity contribution >= 4 is 0 Å². The first-order valence-corrected chi connectivity index (χ1v) is 7.40. The van der Waals surface area contributed by atoms with Crippen molar-refractivity contribution < 1.29 is 0 Å². The van der Waals surface area contributed by atoms with Crippen LogP contribution in [0, 0.1) is 17.8 Å². The fraction of sp³-hybridized carbons (Fsp3) is 0.765. The second-order valence-electron chi connectivity index (χ2n) is 6.60. The van der Waals surface area contributed by atoms with E-state index in [0.29, 0.717) is 23.8 Å². The lowest BCUT2D eigenvalue weighted by Gasteiger charge is -2.44. The minimum absolute atomic E-state index is 0.540. The molecule has 0 spiro atoms. The summed E-state index contributed by atoms with van der Waals surface area (Å²) >= 11 is 0. The molecule has 1 atom stereocenters. The van der Waals surface area contributed by atoms with E-state index in [4.69, 9.17) is 0 Å². The van der Waals surface area contributed by atoms with Gasteiger partial charge >= 0.3 is 0 Å². The quantitative estimate of drug-likeness (QED) is 0.664. The first-order valence-electron chi connectivity index (χ1n) is 7.40. The molecule has 0 radical (unpaired) electrons. The Balaban J connectivity index is 3.46. The van der Waals surface area contributed by atoms with Crippen molar-refractivity contribution in [2.75, 3.05) is 0 Å². The summed E-state index contributed by atoms with van der Waals surface area (Å²) in [6.45, 7) is 20.9. The molecule has 0 amide bonds. The van der Waals surface area contributed by atoms with Gasteiger partial charge in [0.15, 0.2) is 0 Å². The van der Waals surface area contributed by atoms with Gasteiger partial charge in [-0.3, -0.25) is 0 Å². The summed E-state index contributed by atoms with van der Waals surface area (Å²) in [6.07, 6.45) is 0. The van der Waals surface area contributed by atoms with Crippen LogP contribution in [0.15, 0.2) is 22.5 Å². The first-order chi connectivity index (χ1) is 8.20. The molecule has 104 valence electrons. The van der Waals surface area contributed by atoms with Gasteiger partial charge in [0.1, 0.15) is 0 Å². The molecule has 1 heteroatoms. The minimum Gasteiger partial charge on any atom is -0.346 e. The molecule has 1 nitrogen and oxygen atoms in total. The van der Waals surface area contributed by atoms with Crippen molar-refractivity contribution in [3.05, 3.63) is 22.5 Å². The van der Waals surface area contributed by atoms with Crippen LogP contribution >= 0.6 is 0 Å². The summed E-state index contributed by atoms with van der Waals surface area (Å²) < 4.78 is 0. The van der Waals surface area contributed by atoms with Crippen molar-refractivity contribution in [3.8, 4) is 0 Å². The van der Waals surface area contributed by atoms with Crippen molar-refractivity contribution in [3.63, 3.8) is 0 Å². The van der Waals surface area contributed by atoms with Crippen LogP contribution in [0.3, 0.4) is 0 Å². The molecule has 0 aromatic heterocycles. The van der Waals surface area contributed by atoms with Crippen LogP contribution in [0.1, 0.15) is 62.3 Å². The highest BCUT2D eigenvalue weighted by Gasteiger charge is 2.32. The normalized spacial score (nSPS) is 22.0. The third-order valence-electron chi connectivity index (χ3n) is 4.29. The maximum atomic E-state index is 2.56. The number of hydrogen-bond donors (Lipinski definition) is 0. The molecule has 0 saturated heterocycles. The Bertz CT molecular complexity index is 369. The van der Waals surface area contributed by atoms with E-state index in [-0.39, 0.29) is 0 Å². The van der Waals surface area contributed by atoms with Gasteiger partial charge in [-0.2, -0.15) is 0 Å². The van der Waals surface area contributed by atoms with Gasteiger partial charge in [-0.1, -0.05) is 34.6 Å². The Kier molecular flexibility index (Phi) is 4.69. The molecule has 0 aromatic carbocycles. The highest BCUT2D eigenvalue weighted by atomic mass is 15.2. The Morgan fingerprint density at radius 1 is 0.889 bits per heavy atom. The molecule has 18 heavy (non-hydrogen) atoms. The Hall–Kier alpha value is -0.720. The predicted molar refractivity (Wildman–Crippen MR) is 81.2 cm³/mol. The number of nitrogens with zero attached hydrogens (tertiary/aromatic N) is 1. The van der Waals surface area contributed by atoms with Gasteiger partial charge in [0.05, 0.1) is 0 Å². The van der Waals surface area contributed by atoms with E-state index in [1.54, 1.807) is 11.3 Å². The second kappa shape index (κ2) is 5.50. The van der Waals surface area contributed by atoms with Gasteiger partial charge in [0.25, 0.3) is 0 Å². The average Bonchev–Trinajstić information content (AvgIpc) is 2.23. The van der Waals surface area contributed by atoms with Gasteiger partial charge in [-0.15, -0.1) is 0 Å². The SMILES string of the molecule is CC1=C(C)N(C(C)C)C(C(C)C)=C(C(C)C)C1C. The molecule has 0 saturated carbocycles. The number of allylic oxidation sites excluding steroid dienone is 4. The van der Waals surface area contributed by atoms with Gasteiger partial charge < -0.3 is 4.90 Å². The van der Waals surface area contributed by atoms with Crippen LogP contribution in [0.4, 0.5) is 0 Å². The Morgan fingerprint density at radius 2 is 1.39 bits per heavy atom. The number of hydrogen-bond acceptors (Lipinski definition) is 1. The van der Waals surface area contributed by atoms with Crippen molar-refractivity contribution in [1.82, 2.24) is 4.90 Å². The van der Waals surface area contributed by atoms with E-state index in [1.807, 2.05) is 0 Å². The third kappa shape index (κ3) is 2.50. The van der Waals surface area contributed by atoms with Gasteiger partial charge in [0.2, 0.25) is 0 Å². The monoisotopic (exact) mass is 249 g/mol. The largest absolute Gasteiger partial charge is 0.346 e. The van der Waals surface area contributed by atoms with Crippen LogP contribution in [-0.4, -0.2) is 10.9 Å². The van der Waals surface area contributed by atoms with E-state index in [1.165, 1.54) is 11.3 Å². The smallest absolute Gasteiger partial charge is 0.0279 e. The van der Waals surface area contributed by atoms with E-state index in [0.717, 1.165) is 0 Å². The van der Waals surface area contributed by atoms with E-state index in [9.17, 15) is 0 Å². The summed E-state index contributed by atoms with van der Waals surface area (Å²) in [4.78, 5) is 2.56. The molecule has 1 unspecified atom stereocenters. The summed E-state index contributed by atoms with van der Waals surface area (Å²) in [5.74, 6) is 1.81. The molecular formula is C17H31N. The maximum Gasteiger partial charge on any atom is 0.0279 e. The van der Waals surface area contributed by atoms with Crippen LogP contribution in [0.25, 0.3) is 0 Å². The molecule has 1 rings (SSSR count). The second-order valence-corrected chi connectivity index (χ2v) is 6.60. The average molecular weight is 249 g/mol. The highest BCUT2D eigenvalue weighted by Crippen LogP contribution is 2.41. The summed E-state index contributed by atoms with van der Waals surface area (Å²) in [5, 5.41) is 0. The molecule has 1 aliphatic heterocycles. The predicted octanol–water partition coefficient (Wildman–Crippen LogP) is 5.21. The van der Waals surface area contributed by atoms with E-state index < -0.39 is 0 Å². The Morgan fingerprint density at radius 3 is 1.72 bits per heavy atom. The summed E-state index contributed by atoms with van der Waals surface area (Å²) in [7, 11) is 0. The Labute approximate surface area is 114 Å². The summed E-state index contributed by atoms with van der Waals surface area (Å²) in [5.41, 5.74) is 6.21. The van der Waals surface area contributed by atoms with Gasteiger partial charge in [-0.05, 0) is 50.7 Å². The zero-order chi connectivity index (χ0) is 14.2. The van der Waals surface area contributed by atoms with Crippen LogP contribution in [0.5, 0.6) is 0 Å².